The minimum Gasteiger partial charge on any atom is -0.494 e. The summed E-state index contributed by atoms with van der Waals surface area (Å²) in [5.41, 5.74) is 5.84. The van der Waals surface area contributed by atoms with Crippen LogP contribution in [-0.2, 0) is 16.8 Å². The van der Waals surface area contributed by atoms with Gasteiger partial charge in [-0.1, -0.05) is 76.6 Å². The minimum absolute atomic E-state index is 0.0968. The Kier molecular flexibility index (Phi) is 10.1. The zero-order chi connectivity index (χ0) is 26.0. The summed E-state index contributed by atoms with van der Waals surface area (Å²) in [7, 11) is 0. The fourth-order valence-corrected chi connectivity index (χ4v) is 4.34. The molecule has 0 aliphatic carbocycles. The number of rotatable bonds is 12. The molecular weight excluding hydrogens is 470 g/mol. The Morgan fingerprint density at radius 2 is 1.78 bits per heavy atom. The zero-order valence-electron chi connectivity index (χ0n) is 22.0. The molecule has 0 spiro atoms. The second-order valence-electron chi connectivity index (χ2n) is 9.58. The summed E-state index contributed by atoms with van der Waals surface area (Å²) < 4.78 is 7.74. The van der Waals surface area contributed by atoms with Crippen LogP contribution in [0, 0.1) is 0 Å². The lowest BCUT2D eigenvalue weighted by Gasteiger charge is -2.19. The summed E-state index contributed by atoms with van der Waals surface area (Å²) in [5, 5.41) is 13.5. The maximum Gasteiger partial charge on any atom is 0.250 e. The SMILES string of the molecule is CCCCCOc1ccc(C=NNC(=O)CSc2nnc(-c3ccc(C(C)(C)C)cc3)n2CC)cc1. The van der Waals surface area contributed by atoms with E-state index in [0.717, 1.165) is 35.7 Å². The van der Waals surface area contributed by atoms with Gasteiger partial charge in [0.1, 0.15) is 5.75 Å². The molecule has 1 aromatic heterocycles. The van der Waals surface area contributed by atoms with Crippen molar-refractivity contribution in [3.63, 3.8) is 0 Å². The van der Waals surface area contributed by atoms with Crippen LogP contribution in [0.4, 0.5) is 0 Å². The normalized spacial score (nSPS) is 11.7. The van der Waals surface area contributed by atoms with E-state index >= 15 is 0 Å². The molecular formula is C28H37N5O2S. The van der Waals surface area contributed by atoms with E-state index in [0.29, 0.717) is 11.7 Å². The Labute approximate surface area is 218 Å². The number of unbranched alkanes of at least 4 members (excludes halogenated alkanes) is 2. The zero-order valence-corrected chi connectivity index (χ0v) is 22.8. The first-order chi connectivity index (χ1) is 17.3. The predicted molar refractivity (Wildman–Crippen MR) is 148 cm³/mol. The number of aromatic nitrogens is 3. The van der Waals surface area contributed by atoms with Crippen molar-refractivity contribution >= 4 is 23.9 Å². The van der Waals surface area contributed by atoms with E-state index in [4.69, 9.17) is 4.74 Å². The van der Waals surface area contributed by atoms with Crippen molar-refractivity contribution < 1.29 is 9.53 Å². The maximum absolute atomic E-state index is 12.3. The second-order valence-corrected chi connectivity index (χ2v) is 10.5. The van der Waals surface area contributed by atoms with Gasteiger partial charge in [0.05, 0.1) is 18.6 Å². The van der Waals surface area contributed by atoms with Crippen molar-refractivity contribution in [2.75, 3.05) is 12.4 Å². The molecule has 3 rings (SSSR count). The average Bonchev–Trinajstić information content (AvgIpc) is 3.29. The van der Waals surface area contributed by atoms with Crippen LogP contribution in [0.25, 0.3) is 11.4 Å². The Hall–Kier alpha value is -3.13. The van der Waals surface area contributed by atoms with Crippen molar-refractivity contribution in [2.24, 2.45) is 5.10 Å². The summed E-state index contributed by atoms with van der Waals surface area (Å²) >= 11 is 1.35. The van der Waals surface area contributed by atoms with Crippen molar-refractivity contribution in [3.05, 3.63) is 59.7 Å². The molecule has 0 fully saturated rings. The molecule has 1 amide bonds. The van der Waals surface area contributed by atoms with Crippen LogP contribution in [0.2, 0.25) is 0 Å². The molecule has 2 aromatic carbocycles. The Morgan fingerprint density at radius 3 is 2.42 bits per heavy atom. The summed E-state index contributed by atoms with van der Waals surface area (Å²) in [5.74, 6) is 1.64. The Bertz CT molecular complexity index is 1130. The van der Waals surface area contributed by atoms with Crippen LogP contribution >= 0.6 is 11.8 Å². The van der Waals surface area contributed by atoms with E-state index in [1.165, 1.54) is 30.2 Å². The number of thioether (sulfide) groups is 1. The van der Waals surface area contributed by atoms with Crippen LogP contribution in [-0.4, -0.2) is 39.2 Å². The first-order valence-corrected chi connectivity index (χ1v) is 13.5. The smallest absolute Gasteiger partial charge is 0.250 e. The topological polar surface area (TPSA) is 81.4 Å². The van der Waals surface area contributed by atoms with E-state index in [1.54, 1.807) is 6.21 Å². The van der Waals surface area contributed by atoms with E-state index in [-0.39, 0.29) is 17.1 Å². The minimum atomic E-state index is -0.200. The Morgan fingerprint density at radius 1 is 1.06 bits per heavy atom. The summed E-state index contributed by atoms with van der Waals surface area (Å²) in [6.45, 7) is 12.2. The van der Waals surface area contributed by atoms with Crippen LogP contribution in [0.5, 0.6) is 5.75 Å². The molecule has 0 aliphatic heterocycles. The first-order valence-electron chi connectivity index (χ1n) is 12.5. The highest BCUT2D eigenvalue weighted by Crippen LogP contribution is 2.27. The van der Waals surface area contributed by atoms with Gasteiger partial charge in [0.15, 0.2) is 11.0 Å². The molecule has 0 saturated heterocycles. The highest BCUT2D eigenvalue weighted by molar-refractivity contribution is 7.99. The molecule has 36 heavy (non-hydrogen) atoms. The van der Waals surface area contributed by atoms with E-state index < -0.39 is 0 Å². The number of nitrogens with one attached hydrogen (secondary N) is 1. The fourth-order valence-electron chi connectivity index (χ4n) is 3.55. The molecule has 3 aromatic rings. The monoisotopic (exact) mass is 507 g/mol. The third kappa shape index (κ3) is 7.95. The lowest BCUT2D eigenvalue weighted by atomic mass is 9.87. The second kappa shape index (κ2) is 13.3. The quantitative estimate of drug-likeness (QED) is 0.139. The van der Waals surface area contributed by atoms with Gasteiger partial charge >= 0.3 is 0 Å². The third-order valence-electron chi connectivity index (χ3n) is 5.67. The van der Waals surface area contributed by atoms with Gasteiger partial charge in [-0.2, -0.15) is 5.10 Å². The van der Waals surface area contributed by atoms with Crippen LogP contribution < -0.4 is 10.2 Å². The number of hydrazone groups is 1. The number of carbonyl (C=O) groups excluding carboxylic acids is 1. The molecule has 1 N–H and O–H groups in total. The maximum atomic E-state index is 12.3. The summed E-state index contributed by atoms with van der Waals surface area (Å²) in [6.07, 6.45) is 5.03. The number of benzene rings is 2. The van der Waals surface area contributed by atoms with Crippen molar-refractivity contribution in [2.45, 2.75) is 71.0 Å². The fraction of sp³-hybridized carbons (Fsp3) is 0.429. The van der Waals surface area contributed by atoms with Gasteiger partial charge in [-0.05, 0) is 54.2 Å². The molecule has 0 atom stereocenters. The molecule has 0 radical (unpaired) electrons. The van der Waals surface area contributed by atoms with Crippen molar-refractivity contribution in [1.82, 2.24) is 20.2 Å². The van der Waals surface area contributed by atoms with Crippen LogP contribution in [0.3, 0.4) is 0 Å². The van der Waals surface area contributed by atoms with E-state index in [2.05, 4.69) is 72.7 Å². The van der Waals surface area contributed by atoms with Gasteiger partial charge < -0.3 is 9.30 Å². The van der Waals surface area contributed by atoms with E-state index in [1.807, 2.05) is 35.8 Å². The average molecular weight is 508 g/mol. The summed E-state index contributed by atoms with van der Waals surface area (Å²) in [6, 6.07) is 16.1. The molecule has 0 bridgehead atoms. The van der Waals surface area contributed by atoms with E-state index in [9.17, 15) is 4.79 Å². The van der Waals surface area contributed by atoms with Gasteiger partial charge in [-0.15, -0.1) is 10.2 Å². The van der Waals surface area contributed by atoms with Crippen molar-refractivity contribution in [1.29, 1.82) is 0 Å². The van der Waals surface area contributed by atoms with Crippen LogP contribution in [0.15, 0.2) is 58.8 Å². The lowest BCUT2D eigenvalue weighted by molar-refractivity contribution is -0.118. The van der Waals surface area contributed by atoms with Gasteiger partial charge in [0, 0.05) is 12.1 Å². The molecule has 0 saturated carbocycles. The highest BCUT2D eigenvalue weighted by atomic mass is 32.2. The van der Waals surface area contributed by atoms with Gasteiger partial charge in [0.25, 0.3) is 5.91 Å². The number of carbonyl (C=O) groups is 1. The van der Waals surface area contributed by atoms with Gasteiger partial charge in [-0.3, -0.25) is 4.79 Å². The Balaban J connectivity index is 1.51. The molecule has 8 heteroatoms. The molecule has 1 heterocycles. The number of amides is 1. The number of hydrogen-bond acceptors (Lipinski definition) is 6. The third-order valence-corrected chi connectivity index (χ3v) is 6.64. The number of nitrogens with zero attached hydrogens (tertiary/aromatic N) is 4. The predicted octanol–water partition coefficient (Wildman–Crippen LogP) is 6.07. The molecule has 0 aliphatic rings. The lowest BCUT2D eigenvalue weighted by Crippen LogP contribution is -2.20. The number of ether oxygens (including phenoxy) is 1. The van der Waals surface area contributed by atoms with Gasteiger partial charge in [-0.25, -0.2) is 5.43 Å². The standard InChI is InChI=1S/C28H37N5O2S/c1-6-8-9-18-35-24-16-10-21(11-17-24)19-29-30-25(34)20-36-27-32-31-26(33(27)7-2)22-12-14-23(15-13-22)28(3,4)5/h10-17,19H,6-9,18,20H2,1-5H3,(H,30,34). The first kappa shape index (κ1) is 27.5. The molecule has 7 nitrogen and oxygen atoms in total. The molecule has 192 valence electrons. The van der Waals surface area contributed by atoms with Crippen LogP contribution in [0.1, 0.15) is 65.0 Å². The highest BCUT2D eigenvalue weighted by Gasteiger charge is 2.17. The van der Waals surface area contributed by atoms with Crippen molar-refractivity contribution in [3.8, 4) is 17.1 Å². The molecule has 0 unspecified atom stereocenters. The summed E-state index contributed by atoms with van der Waals surface area (Å²) in [4.78, 5) is 12.3. The largest absolute Gasteiger partial charge is 0.494 e. The number of hydrogen-bond donors (Lipinski definition) is 1. The van der Waals surface area contributed by atoms with Gasteiger partial charge in [0.2, 0.25) is 0 Å².